The van der Waals surface area contributed by atoms with Crippen molar-refractivity contribution in [3.63, 3.8) is 0 Å². The van der Waals surface area contributed by atoms with Gasteiger partial charge in [0.1, 0.15) is 5.82 Å². The molecule has 1 aliphatic heterocycles. The number of nitrogens with zero attached hydrogens (tertiary/aromatic N) is 3. The van der Waals surface area contributed by atoms with Crippen LogP contribution in [0.25, 0.3) is 0 Å². The number of pyridine rings is 1. The van der Waals surface area contributed by atoms with Crippen molar-refractivity contribution in [2.45, 2.75) is 13.1 Å². The first-order valence-corrected chi connectivity index (χ1v) is 9.76. The Kier molecular flexibility index (Phi) is 7.02. The molecule has 2 aromatic rings. The van der Waals surface area contributed by atoms with E-state index in [9.17, 15) is 9.59 Å². The van der Waals surface area contributed by atoms with Crippen molar-refractivity contribution in [1.82, 2.24) is 25.8 Å². The fourth-order valence-electron chi connectivity index (χ4n) is 3.09. The molecule has 0 unspecified atom stereocenters. The van der Waals surface area contributed by atoms with Crippen LogP contribution in [0.2, 0.25) is 0 Å². The van der Waals surface area contributed by atoms with Crippen LogP contribution in [0.15, 0.2) is 42.6 Å². The molecule has 3 N–H and O–H groups in total. The molecule has 1 aromatic carbocycles. The van der Waals surface area contributed by atoms with Gasteiger partial charge in [-0.15, -0.1) is 0 Å². The van der Waals surface area contributed by atoms with Gasteiger partial charge >= 0.3 is 6.03 Å². The predicted molar refractivity (Wildman–Crippen MR) is 113 cm³/mol. The Morgan fingerprint density at radius 1 is 0.931 bits per heavy atom. The minimum atomic E-state index is -0.247. The maximum absolute atomic E-state index is 12.0. The van der Waals surface area contributed by atoms with E-state index >= 15 is 0 Å². The molecule has 1 aromatic heterocycles. The molecule has 0 saturated carbocycles. The first-order chi connectivity index (χ1) is 14.0. The zero-order valence-corrected chi connectivity index (χ0v) is 16.9. The maximum Gasteiger partial charge on any atom is 0.315 e. The number of benzene rings is 1. The standard InChI is InChI=1S/C21H28N6O2/c1-22-20(28)18-6-3-16(4-7-18)13-24-21(29)25-15-17-5-8-19(23-14-17)27-11-9-26(2)10-12-27/h3-8,14H,9-13,15H2,1-2H3,(H,22,28)(H2,24,25,29). The average Bonchev–Trinajstić information content (AvgIpc) is 2.77. The van der Waals surface area contributed by atoms with Gasteiger partial charge in [0.2, 0.25) is 0 Å². The van der Waals surface area contributed by atoms with E-state index in [1.165, 1.54) is 0 Å². The monoisotopic (exact) mass is 396 g/mol. The average molecular weight is 396 g/mol. The number of hydrogen-bond donors (Lipinski definition) is 3. The largest absolute Gasteiger partial charge is 0.355 e. The first-order valence-electron chi connectivity index (χ1n) is 9.76. The molecule has 1 aliphatic rings. The van der Waals surface area contributed by atoms with Gasteiger partial charge in [-0.05, 0) is 36.4 Å². The van der Waals surface area contributed by atoms with E-state index in [1.54, 1.807) is 19.2 Å². The summed E-state index contributed by atoms with van der Waals surface area (Å²) in [6.07, 6.45) is 1.81. The van der Waals surface area contributed by atoms with Crippen LogP contribution in [0.1, 0.15) is 21.5 Å². The van der Waals surface area contributed by atoms with Crippen LogP contribution in [0, 0.1) is 0 Å². The second kappa shape index (κ2) is 9.88. The van der Waals surface area contributed by atoms with Crippen LogP contribution < -0.4 is 20.9 Å². The van der Waals surface area contributed by atoms with Crippen molar-refractivity contribution >= 4 is 17.8 Å². The number of rotatable bonds is 6. The molecule has 0 radical (unpaired) electrons. The molecular weight excluding hydrogens is 368 g/mol. The van der Waals surface area contributed by atoms with Crippen molar-refractivity contribution in [3.8, 4) is 0 Å². The lowest BCUT2D eigenvalue weighted by Gasteiger charge is -2.33. The van der Waals surface area contributed by atoms with E-state index in [4.69, 9.17) is 0 Å². The Hall–Kier alpha value is -3.13. The fraction of sp³-hybridized carbons (Fsp3) is 0.381. The Morgan fingerprint density at radius 2 is 1.55 bits per heavy atom. The number of aromatic nitrogens is 1. The smallest absolute Gasteiger partial charge is 0.315 e. The summed E-state index contributed by atoms with van der Waals surface area (Å²) >= 11 is 0. The number of amides is 3. The van der Waals surface area contributed by atoms with E-state index < -0.39 is 0 Å². The highest BCUT2D eigenvalue weighted by Crippen LogP contribution is 2.13. The molecule has 1 fully saturated rings. The second-order valence-corrected chi connectivity index (χ2v) is 7.13. The van der Waals surface area contributed by atoms with Crippen LogP contribution in [-0.4, -0.2) is 62.1 Å². The number of likely N-dealkylation sites (N-methyl/N-ethyl adjacent to an activating group) is 1. The molecule has 29 heavy (non-hydrogen) atoms. The van der Waals surface area contributed by atoms with E-state index in [-0.39, 0.29) is 11.9 Å². The van der Waals surface area contributed by atoms with Crippen LogP contribution in [0.3, 0.4) is 0 Å². The van der Waals surface area contributed by atoms with Gasteiger partial charge in [-0.1, -0.05) is 18.2 Å². The van der Waals surface area contributed by atoms with Crippen LogP contribution in [0.5, 0.6) is 0 Å². The third-order valence-electron chi connectivity index (χ3n) is 4.99. The minimum absolute atomic E-state index is 0.130. The topological polar surface area (TPSA) is 89.6 Å². The molecule has 2 heterocycles. The summed E-state index contributed by atoms with van der Waals surface area (Å²) in [5, 5.41) is 8.23. The summed E-state index contributed by atoms with van der Waals surface area (Å²) in [4.78, 5) is 32.7. The van der Waals surface area contributed by atoms with Crippen molar-refractivity contribution < 1.29 is 9.59 Å². The van der Waals surface area contributed by atoms with Crippen LogP contribution >= 0.6 is 0 Å². The Morgan fingerprint density at radius 3 is 2.14 bits per heavy atom. The van der Waals surface area contributed by atoms with Crippen molar-refractivity contribution in [3.05, 3.63) is 59.3 Å². The predicted octanol–water partition coefficient (Wildman–Crippen LogP) is 1.19. The van der Waals surface area contributed by atoms with Gasteiger partial charge in [0, 0.05) is 58.1 Å². The lowest BCUT2D eigenvalue weighted by molar-refractivity contribution is 0.0963. The zero-order chi connectivity index (χ0) is 20.6. The molecule has 8 heteroatoms. The van der Waals surface area contributed by atoms with E-state index in [1.807, 2.05) is 30.5 Å². The molecular formula is C21H28N6O2. The molecule has 154 valence electrons. The first kappa shape index (κ1) is 20.6. The van der Waals surface area contributed by atoms with Gasteiger partial charge in [-0.3, -0.25) is 4.79 Å². The van der Waals surface area contributed by atoms with E-state index in [2.05, 4.69) is 37.8 Å². The Labute approximate surface area is 171 Å². The molecule has 0 atom stereocenters. The second-order valence-electron chi connectivity index (χ2n) is 7.13. The Balaban J connectivity index is 1.41. The molecule has 1 saturated heterocycles. The fourth-order valence-corrected chi connectivity index (χ4v) is 3.09. The molecule has 0 bridgehead atoms. The van der Waals surface area contributed by atoms with Crippen LogP contribution in [-0.2, 0) is 13.1 Å². The van der Waals surface area contributed by atoms with Gasteiger partial charge in [0.15, 0.2) is 0 Å². The summed E-state index contributed by atoms with van der Waals surface area (Å²) in [5.41, 5.74) is 2.46. The number of nitrogens with one attached hydrogen (secondary N) is 3. The Bertz CT molecular complexity index is 814. The third-order valence-corrected chi connectivity index (χ3v) is 4.99. The van der Waals surface area contributed by atoms with Gasteiger partial charge in [0.05, 0.1) is 0 Å². The lowest BCUT2D eigenvalue weighted by atomic mass is 10.1. The summed E-state index contributed by atoms with van der Waals surface area (Å²) in [5.74, 6) is 0.848. The van der Waals surface area contributed by atoms with Crippen molar-refractivity contribution in [1.29, 1.82) is 0 Å². The van der Waals surface area contributed by atoms with Crippen LogP contribution in [0.4, 0.5) is 10.6 Å². The number of urea groups is 1. The zero-order valence-electron chi connectivity index (χ0n) is 16.9. The molecule has 3 amide bonds. The normalized spacial score (nSPS) is 14.3. The SMILES string of the molecule is CNC(=O)c1ccc(CNC(=O)NCc2ccc(N3CCN(C)CC3)nc2)cc1. The number of piperazine rings is 1. The minimum Gasteiger partial charge on any atom is -0.355 e. The highest BCUT2D eigenvalue weighted by molar-refractivity contribution is 5.93. The highest BCUT2D eigenvalue weighted by Gasteiger charge is 2.15. The molecule has 0 spiro atoms. The van der Waals surface area contributed by atoms with E-state index in [0.717, 1.165) is 43.1 Å². The van der Waals surface area contributed by atoms with Gasteiger partial charge in [-0.25, -0.2) is 9.78 Å². The quantitative estimate of drug-likeness (QED) is 0.683. The van der Waals surface area contributed by atoms with Crippen molar-refractivity contribution in [2.24, 2.45) is 0 Å². The maximum atomic E-state index is 12.0. The molecule has 3 rings (SSSR count). The highest BCUT2D eigenvalue weighted by atomic mass is 16.2. The summed E-state index contributed by atoms with van der Waals surface area (Å²) in [6, 6.07) is 10.9. The van der Waals surface area contributed by atoms with Gasteiger partial charge in [0.25, 0.3) is 5.91 Å². The lowest BCUT2D eigenvalue weighted by Crippen LogP contribution is -2.44. The third kappa shape index (κ3) is 5.92. The number of carbonyl (C=O) groups is 2. The number of hydrogen-bond acceptors (Lipinski definition) is 5. The van der Waals surface area contributed by atoms with Gasteiger partial charge in [-0.2, -0.15) is 0 Å². The molecule has 8 nitrogen and oxygen atoms in total. The van der Waals surface area contributed by atoms with E-state index in [0.29, 0.717) is 18.7 Å². The number of carbonyl (C=O) groups excluding carboxylic acids is 2. The summed E-state index contributed by atoms with van der Waals surface area (Å²) in [7, 11) is 3.72. The summed E-state index contributed by atoms with van der Waals surface area (Å²) in [6.45, 7) is 4.85. The van der Waals surface area contributed by atoms with Gasteiger partial charge < -0.3 is 25.8 Å². The summed E-state index contributed by atoms with van der Waals surface area (Å²) < 4.78 is 0. The number of anilines is 1. The molecule has 0 aliphatic carbocycles. The van der Waals surface area contributed by atoms with Crippen molar-refractivity contribution in [2.75, 3.05) is 45.2 Å².